The first-order chi connectivity index (χ1) is 13.3. The van der Waals surface area contributed by atoms with Crippen molar-refractivity contribution in [3.05, 3.63) is 47.6 Å². The molecule has 1 aromatic heterocycles. The molecule has 1 amide bonds. The van der Waals surface area contributed by atoms with Crippen molar-refractivity contribution in [3.63, 3.8) is 0 Å². The van der Waals surface area contributed by atoms with Crippen LogP contribution in [0.1, 0.15) is 56.8 Å². The summed E-state index contributed by atoms with van der Waals surface area (Å²) in [4.78, 5) is 12.1. The van der Waals surface area contributed by atoms with Gasteiger partial charge in [0, 0.05) is 11.8 Å². The number of hydrogen-bond acceptors (Lipinski definition) is 5. The van der Waals surface area contributed by atoms with Crippen LogP contribution in [0.4, 0.5) is 0 Å². The molecule has 1 saturated carbocycles. The largest absolute Gasteiger partial charge is 0.512 e. The summed E-state index contributed by atoms with van der Waals surface area (Å²) in [5.41, 5.74) is 4.59. The maximum Gasteiger partial charge on any atom is 0.252 e. The van der Waals surface area contributed by atoms with E-state index in [4.69, 9.17) is 10.2 Å². The van der Waals surface area contributed by atoms with Crippen LogP contribution < -0.4 is 5.73 Å². The molecule has 2 rings (SSSR count). The molecule has 0 aliphatic heterocycles. The summed E-state index contributed by atoms with van der Waals surface area (Å²) >= 11 is 0. The number of allylic oxidation sites excluding steroid dienone is 3. The molecular formula is C22H33NO5. The molecule has 156 valence electrons. The number of nitrogens with two attached hydrogens (primary N) is 1. The van der Waals surface area contributed by atoms with Crippen molar-refractivity contribution in [3.8, 4) is 0 Å². The summed E-state index contributed by atoms with van der Waals surface area (Å²) in [6.07, 6.45) is 10.0. The van der Waals surface area contributed by atoms with E-state index in [1.807, 2.05) is 13.0 Å². The number of aliphatic hydroxyl groups is 3. The summed E-state index contributed by atoms with van der Waals surface area (Å²) in [6, 6.07) is 1.95. The maximum atomic E-state index is 12.1. The smallest absolute Gasteiger partial charge is 0.252 e. The molecule has 1 aromatic rings. The first kappa shape index (κ1) is 22.2. The van der Waals surface area contributed by atoms with Gasteiger partial charge in [-0.15, -0.1) is 0 Å². The number of carbonyl (C=O) groups is 1. The zero-order valence-electron chi connectivity index (χ0n) is 16.8. The SMILES string of the molecule is C/C=C\C[C@@H](O)C(O)(C(N)=O)C1CCC[C@@H]1/C(O)=C\CCCc1ccoc1C. The Morgan fingerprint density at radius 2 is 2.21 bits per heavy atom. The number of aliphatic hydroxyl groups excluding tert-OH is 2. The normalized spacial score (nSPS) is 23.8. The maximum absolute atomic E-state index is 12.1. The Bertz CT molecular complexity index is 708. The van der Waals surface area contributed by atoms with E-state index in [0.717, 1.165) is 30.6 Å². The molecule has 2 unspecified atom stereocenters. The highest BCUT2D eigenvalue weighted by atomic mass is 16.4. The van der Waals surface area contributed by atoms with Gasteiger partial charge in [-0.25, -0.2) is 0 Å². The molecule has 0 radical (unpaired) electrons. The van der Waals surface area contributed by atoms with Gasteiger partial charge in [0.05, 0.1) is 18.1 Å². The lowest BCUT2D eigenvalue weighted by molar-refractivity contribution is -0.162. The molecule has 5 N–H and O–H groups in total. The molecule has 6 heteroatoms. The number of carbonyl (C=O) groups excluding carboxylic acids is 1. The van der Waals surface area contributed by atoms with Crippen molar-refractivity contribution in [2.45, 2.75) is 70.5 Å². The van der Waals surface area contributed by atoms with Crippen molar-refractivity contribution in [1.29, 1.82) is 0 Å². The second kappa shape index (κ2) is 9.94. The Morgan fingerprint density at radius 1 is 1.46 bits per heavy atom. The minimum atomic E-state index is -2.06. The van der Waals surface area contributed by atoms with Crippen LogP contribution in [-0.4, -0.2) is 32.9 Å². The molecule has 0 bridgehead atoms. The third-order valence-electron chi connectivity index (χ3n) is 5.93. The van der Waals surface area contributed by atoms with E-state index < -0.39 is 23.5 Å². The van der Waals surface area contributed by atoms with Gasteiger partial charge in [-0.1, -0.05) is 18.6 Å². The summed E-state index contributed by atoms with van der Waals surface area (Å²) in [5.74, 6) is -0.842. The minimum Gasteiger partial charge on any atom is -0.512 e. The quantitative estimate of drug-likeness (QED) is 0.277. The van der Waals surface area contributed by atoms with Crippen LogP contribution in [0, 0.1) is 18.8 Å². The van der Waals surface area contributed by atoms with Crippen LogP contribution >= 0.6 is 0 Å². The summed E-state index contributed by atoms with van der Waals surface area (Å²) < 4.78 is 5.28. The topological polar surface area (TPSA) is 117 Å². The lowest BCUT2D eigenvalue weighted by Gasteiger charge is -2.38. The van der Waals surface area contributed by atoms with Crippen LogP contribution in [-0.2, 0) is 11.2 Å². The van der Waals surface area contributed by atoms with Crippen molar-refractivity contribution in [2.24, 2.45) is 17.6 Å². The number of hydrogen-bond donors (Lipinski definition) is 4. The number of furan rings is 1. The zero-order chi connectivity index (χ0) is 20.7. The van der Waals surface area contributed by atoms with Crippen LogP contribution in [0.5, 0.6) is 0 Å². The molecule has 1 aliphatic carbocycles. The first-order valence-corrected chi connectivity index (χ1v) is 10.1. The summed E-state index contributed by atoms with van der Waals surface area (Å²) in [5, 5.41) is 32.1. The van der Waals surface area contributed by atoms with Gasteiger partial charge in [0.15, 0.2) is 5.60 Å². The average Bonchev–Trinajstić information content (AvgIpc) is 3.31. The molecule has 4 atom stereocenters. The molecule has 1 heterocycles. The molecule has 0 saturated heterocycles. The van der Waals surface area contributed by atoms with Gasteiger partial charge in [0.25, 0.3) is 5.91 Å². The van der Waals surface area contributed by atoms with Crippen molar-refractivity contribution >= 4 is 5.91 Å². The Labute approximate surface area is 166 Å². The third kappa shape index (κ3) is 4.86. The highest BCUT2D eigenvalue weighted by Crippen LogP contribution is 2.44. The van der Waals surface area contributed by atoms with Gasteiger partial charge in [0.2, 0.25) is 0 Å². The zero-order valence-corrected chi connectivity index (χ0v) is 16.8. The molecular weight excluding hydrogens is 358 g/mol. The molecule has 1 fully saturated rings. The fraction of sp³-hybridized carbons (Fsp3) is 0.591. The highest BCUT2D eigenvalue weighted by molar-refractivity contribution is 5.84. The second-order valence-electron chi connectivity index (χ2n) is 7.68. The number of rotatable bonds is 10. The van der Waals surface area contributed by atoms with Gasteiger partial charge < -0.3 is 25.5 Å². The Balaban J connectivity index is 2.06. The second-order valence-corrected chi connectivity index (χ2v) is 7.68. The van der Waals surface area contributed by atoms with Crippen LogP contribution in [0.25, 0.3) is 0 Å². The predicted octanol–water partition coefficient (Wildman–Crippen LogP) is 3.31. The van der Waals surface area contributed by atoms with E-state index in [0.29, 0.717) is 19.3 Å². The van der Waals surface area contributed by atoms with E-state index in [-0.39, 0.29) is 18.1 Å². The summed E-state index contributed by atoms with van der Waals surface area (Å²) in [6.45, 7) is 3.73. The monoisotopic (exact) mass is 391 g/mol. The fourth-order valence-electron chi connectivity index (χ4n) is 4.24. The Hall–Kier alpha value is -2.05. The molecule has 0 aromatic carbocycles. The Kier molecular flexibility index (Phi) is 7.89. The van der Waals surface area contributed by atoms with Crippen LogP contribution in [0.3, 0.4) is 0 Å². The van der Waals surface area contributed by atoms with Gasteiger partial charge in [0.1, 0.15) is 5.76 Å². The van der Waals surface area contributed by atoms with Gasteiger partial charge in [-0.3, -0.25) is 4.79 Å². The molecule has 0 spiro atoms. The van der Waals surface area contributed by atoms with Crippen LogP contribution in [0.15, 0.2) is 40.7 Å². The lowest BCUT2D eigenvalue weighted by atomic mass is 9.74. The van der Waals surface area contributed by atoms with Crippen molar-refractivity contribution < 1.29 is 24.5 Å². The van der Waals surface area contributed by atoms with Crippen molar-refractivity contribution in [2.75, 3.05) is 0 Å². The van der Waals surface area contributed by atoms with E-state index in [2.05, 4.69) is 0 Å². The standard InChI is InChI=1S/C22H33NO5/c1-3-4-12-20(25)22(27,21(23)26)18-10-7-9-17(18)19(24)11-6-5-8-16-13-14-28-15(16)2/h3-4,11,13-14,17-18,20,24-25,27H,5-10,12H2,1-2H3,(H2,23,26)/b4-3-,19-11+/t17-,18?,20+,22?/m0/s1. The minimum absolute atomic E-state index is 0.133. The van der Waals surface area contributed by atoms with Gasteiger partial charge in [-0.05, 0) is 70.1 Å². The molecule has 1 aliphatic rings. The van der Waals surface area contributed by atoms with E-state index in [9.17, 15) is 20.1 Å². The van der Waals surface area contributed by atoms with E-state index >= 15 is 0 Å². The number of unbranched alkanes of at least 4 members (excludes halogenated alkanes) is 1. The lowest BCUT2D eigenvalue weighted by Crippen LogP contribution is -2.59. The van der Waals surface area contributed by atoms with E-state index in [1.165, 1.54) is 0 Å². The van der Waals surface area contributed by atoms with Gasteiger partial charge >= 0.3 is 0 Å². The molecule has 28 heavy (non-hydrogen) atoms. The van der Waals surface area contributed by atoms with Crippen LogP contribution in [0.2, 0.25) is 0 Å². The molecule has 6 nitrogen and oxygen atoms in total. The summed E-state index contributed by atoms with van der Waals surface area (Å²) in [7, 11) is 0. The number of primary amides is 1. The highest BCUT2D eigenvalue weighted by Gasteiger charge is 2.53. The predicted molar refractivity (Wildman–Crippen MR) is 108 cm³/mol. The number of amides is 1. The van der Waals surface area contributed by atoms with Gasteiger partial charge in [-0.2, -0.15) is 0 Å². The third-order valence-corrected chi connectivity index (χ3v) is 5.93. The van der Waals surface area contributed by atoms with Crippen molar-refractivity contribution in [1.82, 2.24) is 0 Å². The first-order valence-electron chi connectivity index (χ1n) is 10.1. The Morgan fingerprint density at radius 3 is 2.82 bits per heavy atom. The number of aryl methyl sites for hydroxylation is 2. The van der Waals surface area contributed by atoms with E-state index in [1.54, 1.807) is 31.4 Å². The fourth-order valence-corrected chi connectivity index (χ4v) is 4.24. The average molecular weight is 392 g/mol.